The molecule has 0 radical (unpaired) electrons. The van der Waals surface area contributed by atoms with Crippen molar-refractivity contribution in [1.29, 1.82) is 0 Å². The molecular formula is C29H27ClN4O5S2. The first-order chi connectivity index (χ1) is 19.7. The Bertz CT molecular complexity index is 1690. The summed E-state index contributed by atoms with van der Waals surface area (Å²) in [7, 11) is -2.60. The number of amides is 2. The van der Waals surface area contributed by atoms with E-state index in [-0.39, 0.29) is 32.8 Å². The Kier molecular flexibility index (Phi) is 8.48. The van der Waals surface area contributed by atoms with E-state index >= 15 is 0 Å². The van der Waals surface area contributed by atoms with Crippen molar-refractivity contribution in [3.8, 4) is 5.75 Å². The van der Waals surface area contributed by atoms with Crippen LogP contribution in [0.4, 0.5) is 22.7 Å². The number of sulfonamides is 1. The number of ether oxygens (including phenoxy) is 1. The molecule has 212 valence electrons. The number of benzene rings is 3. The Balaban J connectivity index is 1.42. The Labute approximate surface area is 247 Å². The molecule has 3 N–H and O–H groups in total. The van der Waals surface area contributed by atoms with E-state index < -0.39 is 15.9 Å². The fraction of sp³-hybridized carbons (Fsp3) is 0.172. The zero-order valence-electron chi connectivity index (χ0n) is 22.0. The summed E-state index contributed by atoms with van der Waals surface area (Å²) < 4.78 is 35.3. The molecule has 0 spiro atoms. The number of halogens is 1. The van der Waals surface area contributed by atoms with Crippen molar-refractivity contribution < 1.29 is 22.7 Å². The molecule has 0 atom stereocenters. The minimum absolute atomic E-state index is 0.0307. The van der Waals surface area contributed by atoms with Gasteiger partial charge in [-0.25, -0.2) is 8.42 Å². The quantitative estimate of drug-likeness (QED) is 0.204. The van der Waals surface area contributed by atoms with Crippen LogP contribution in [-0.4, -0.2) is 40.4 Å². The summed E-state index contributed by atoms with van der Waals surface area (Å²) in [6.07, 6.45) is 1.92. The highest BCUT2D eigenvalue weighted by Gasteiger charge is 2.26. The van der Waals surface area contributed by atoms with Crippen molar-refractivity contribution >= 4 is 67.5 Å². The van der Waals surface area contributed by atoms with Gasteiger partial charge in [0.05, 0.1) is 34.1 Å². The predicted molar refractivity (Wildman–Crippen MR) is 163 cm³/mol. The number of rotatable bonds is 9. The normalized spacial score (nSPS) is 13.1. The van der Waals surface area contributed by atoms with Gasteiger partial charge in [0.15, 0.2) is 0 Å². The lowest BCUT2D eigenvalue weighted by atomic mass is 10.1. The van der Waals surface area contributed by atoms with Crippen LogP contribution >= 0.6 is 22.9 Å². The molecule has 1 fully saturated rings. The molecule has 5 rings (SSSR count). The zero-order valence-corrected chi connectivity index (χ0v) is 24.4. The second-order valence-corrected chi connectivity index (χ2v) is 12.3. The van der Waals surface area contributed by atoms with Gasteiger partial charge in [-0.15, -0.1) is 11.3 Å². The third kappa shape index (κ3) is 6.48. The van der Waals surface area contributed by atoms with Gasteiger partial charge in [0.1, 0.15) is 10.6 Å². The van der Waals surface area contributed by atoms with E-state index in [1.165, 1.54) is 42.7 Å². The van der Waals surface area contributed by atoms with Gasteiger partial charge >= 0.3 is 0 Å². The van der Waals surface area contributed by atoms with Crippen molar-refractivity contribution in [2.75, 3.05) is 40.5 Å². The molecule has 3 aromatic carbocycles. The summed E-state index contributed by atoms with van der Waals surface area (Å²) in [5, 5.41) is 7.57. The standard InChI is InChI=1S/C29H27ClN4O5S2/c1-39-25-8-3-2-7-22(25)33-41(37,38)27-18-20(11-13-24(27)34-14-4-5-15-34)31-28(35)19-10-12-21(30)23(17-19)32-29(36)26-9-6-16-40-26/h2-3,6-13,16-18,33H,4-5,14-15H2,1H3,(H,31,35)(H,32,36). The number of methoxy groups -OCH3 is 1. The van der Waals surface area contributed by atoms with E-state index in [4.69, 9.17) is 16.3 Å². The average molecular weight is 611 g/mol. The highest BCUT2D eigenvalue weighted by atomic mass is 35.5. The van der Waals surface area contributed by atoms with Gasteiger partial charge < -0.3 is 20.3 Å². The number of nitrogens with one attached hydrogen (secondary N) is 3. The number of hydrogen-bond acceptors (Lipinski definition) is 7. The third-order valence-corrected chi connectivity index (χ3v) is 9.12. The van der Waals surface area contributed by atoms with E-state index in [0.29, 0.717) is 22.0 Å². The van der Waals surface area contributed by atoms with Crippen LogP contribution in [0.25, 0.3) is 0 Å². The molecule has 1 aromatic heterocycles. The number of nitrogens with zero attached hydrogens (tertiary/aromatic N) is 1. The Morgan fingerprint density at radius 2 is 1.68 bits per heavy atom. The van der Waals surface area contributed by atoms with Crippen LogP contribution < -0.4 is 25.0 Å². The van der Waals surface area contributed by atoms with E-state index in [1.807, 2.05) is 4.90 Å². The zero-order chi connectivity index (χ0) is 29.0. The van der Waals surface area contributed by atoms with E-state index in [9.17, 15) is 18.0 Å². The van der Waals surface area contributed by atoms with Crippen LogP contribution in [-0.2, 0) is 10.0 Å². The summed E-state index contributed by atoms with van der Waals surface area (Å²) in [5.74, 6) is -0.453. The number of thiophene rings is 1. The van der Waals surface area contributed by atoms with Crippen LogP contribution in [0.5, 0.6) is 5.75 Å². The fourth-order valence-corrected chi connectivity index (χ4v) is 6.62. The van der Waals surface area contributed by atoms with Gasteiger partial charge in [0.25, 0.3) is 21.8 Å². The van der Waals surface area contributed by atoms with Gasteiger partial charge in [0, 0.05) is 24.3 Å². The SMILES string of the molecule is COc1ccccc1NS(=O)(=O)c1cc(NC(=O)c2ccc(Cl)c(NC(=O)c3cccs3)c2)ccc1N1CCCC1. The highest BCUT2D eigenvalue weighted by Crippen LogP contribution is 2.34. The van der Waals surface area contributed by atoms with Crippen molar-refractivity contribution in [2.24, 2.45) is 0 Å². The summed E-state index contributed by atoms with van der Waals surface area (Å²) in [6, 6.07) is 19.5. The lowest BCUT2D eigenvalue weighted by Crippen LogP contribution is -2.23. The smallest absolute Gasteiger partial charge is 0.265 e. The van der Waals surface area contributed by atoms with E-state index in [2.05, 4.69) is 15.4 Å². The first-order valence-electron chi connectivity index (χ1n) is 12.8. The lowest BCUT2D eigenvalue weighted by molar-refractivity contribution is 0.101. The number of carbonyl (C=O) groups excluding carboxylic acids is 2. The maximum absolute atomic E-state index is 13.7. The van der Waals surface area contributed by atoms with Gasteiger partial charge in [-0.2, -0.15) is 0 Å². The molecule has 0 aliphatic carbocycles. The number of hydrogen-bond donors (Lipinski definition) is 3. The van der Waals surface area contributed by atoms with Crippen molar-refractivity contribution in [3.63, 3.8) is 0 Å². The molecule has 2 amide bonds. The summed E-state index contributed by atoms with van der Waals surface area (Å²) in [6.45, 7) is 1.46. The lowest BCUT2D eigenvalue weighted by Gasteiger charge is -2.23. The Morgan fingerprint density at radius 1 is 0.902 bits per heavy atom. The van der Waals surface area contributed by atoms with Gasteiger partial charge in [-0.3, -0.25) is 14.3 Å². The van der Waals surface area contributed by atoms with E-state index in [0.717, 1.165) is 25.9 Å². The number of para-hydroxylation sites is 2. The minimum atomic E-state index is -4.07. The molecule has 1 saturated heterocycles. The van der Waals surface area contributed by atoms with Crippen LogP contribution in [0.15, 0.2) is 83.1 Å². The molecule has 0 saturated carbocycles. The first-order valence-corrected chi connectivity index (χ1v) is 15.5. The maximum Gasteiger partial charge on any atom is 0.265 e. The molecule has 0 bridgehead atoms. The second kappa shape index (κ2) is 12.2. The Morgan fingerprint density at radius 3 is 2.41 bits per heavy atom. The van der Waals surface area contributed by atoms with Crippen LogP contribution in [0, 0.1) is 0 Å². The predicted octanol–water partition coefficient (Wildman–Crippen LogP) is 6.32. The molecule has 1 aliphatic rings. The molecule has 0 unspecified atom stereocenters. The van der Waals surface area contributed by atoms with Crippen molar-refractivity contribution in [3.05, 3.63) is 93.6 Å². The van der Waals surface area contributed by atoms with Crippen LogP contribution in [0.1, 0.15) is 32.9 Å². The monoisotopic (exact) mass is 610 g/mol. The molecular weight excluding hydrogens is 584 g/mol. The van der Waals surface area contributed by atoms with Gasteiger partial charge in [-0.1, -0.05) is 29.8 Å². The molecule has 4 aromatic rings. The Hall–Kier alpha value is -4.06. The summed E-state index contributed by atoms with van der Waals surface area (Å²) in [5.41, 5.74) is 1.66. The topological polar surface area (TPSA) is 117 Å². The highest BCUT2D eigenvalue weighted by molar-refractivity contribution is 7.93. The molecule has 9 nitrogen and oxygen atoms in total. The van der Waals surface area contributed by atoms with Crippen LogP contribution in [0.3, 0.4) is 0 Å². The molecule has 41 heavy (non-hydrogen) atoms. The third-order valence-electron chi connectivity index (χ3n) is 6.53. The van der Waals surface area contributed by atoms with Crippen molar-refractivity contribution in [1.82, 2.24) is 0 Å². The largest absolute Gasteiger partial charge is 0.495 e. The minimum Gasteiger partial charge on any atom is -0.495 e. The molecule has 12 heteroatoms. The van der Waals surface area contributed by atoms with Crippen molar-refractivity contribution in [2.45, 2.75) is 17.7 Å². The van der Waals surface area contributed by atoms with E-state index in [1.54, 1.807) is 53.9 Å². The van der Waals surface area contributed by atoms with Crippen LogP contribution in [0.2, 0.25) is 5.02 Å². The number of carbonyl (C=O) groups is 2. The summed E-state index contributed by atoms with van der Waals surface area (Å²) >= 11 is 7.56. The average Bonchev–Trinajstić information content (AvgIpc) is 3.70. The second-order valence-electron chi connectivity index (χ2n) is 9.26. The first kappa shape index (κ1) is 28.5. The molecule has 2 heterocycles. The van der Waals surface area contributed by atoms with Gasteiger partial charge in [0.2, 0.25) is 0 Å². The van der Waals surface area contributed by atoms with Gasteiger partial charge in [-0.05, 0) is 72.8 Å². The maximum atomic E-state index is 13.7. The molecule has 1 aliphatic heterocycles. The summed E-state index contributed by atoms with van der Waals surface area (Å²) in [4.78, 5) is 28.3. The fourth-order valence-electron chi connectivity index (χ4n) is 4.51. The number of anilines is 4.